The molecule has 36 heavy (non-hydrogen) atoms. The van der Waals surface area contributed by atoms with Crippen molar-refractivity contribution in [3.05, 3.63) is 67.5 Å². The first-order valence-electron chi connectivity index (χ1n) is 10.7. The number of nitrogens with one attached hydrogen (secondary N) is 1. The van der Waals surface area contributed by atoms with Gasteiger partial charge in [-0.3, -0.25) is 4.79 Å². The number of morpholine rings is 1. The third kappa shape index (κ3) is 5.75. The lowest BCUT2D eigenvalue weighted by molar-refractivity contribution is 0.102. The fraction of sp³-hybridized carbons (Fsp3) is 0.261. The number of aromatic hydroxyl groups is 1. The smallest absolute Gasteiger partial charge is 0.270 e. The lowest BCUT2D eigenvalue weighted by Gasteiger charge is -2.27. The number of carbonyl (C=O) groups excluding carboxylic acids is 1. The second kappa shape index (κ2) is 11.5. The van der Waals surface area contributed by atoms with E-state index < -0.39 is 11.7 Å². The van der Waals surface area contributed by atoms with E-state index in [1.165, 1.54) is 6.07 Å². The number of para-hydroxylation sites is 1. The van der Waals surface area contributed by atoms with Gasteiger partial charge in [0.2, 0.25) is 0 Å². The van der Waals surface area contributed by atoms with Gasteiger partial charge in [-0.2, -0.15) is 10.1 Å². The van der Waals surface area contributed by atoms with E-state index >= 15 is 0 Å². The Kier molecular flexibility index (Phi) is 8.35. The molecule has 2 heterocycles. The van der Waals surface area contributed by atoms with E-state index in [1.807, 2.05) is 0 Å². The van der Waals surface area contributed by atoms with Crippen molar-refractivity contribution >= 4 is 62.5 Å². The Bertz CT molecular complexity index is 1320. The number of azo groups is 1. The molecule has 1 amide bonds. The van der Waals surface area contributed by atoms with E-state index in [4.69, 9.17) is 27.9 Å². The molecule has 1 aromatic heterocycles. The molecule has 1 saturated heterocycles. The van der Waals surface area contributed by atoms with Gasteiger partial charge in [0, 0.05) is 23.1 Å². The average molecular weight is 598 g/mol. The second-order valence-corrected chi connectivity index (χ2v) is 9.44. The van der Waals surface area contributed by atoms with Gasteiger partial charge in [0.05, 0.1) is 47.3 Å². The number of phenols is 1. The van der Waals surface area contributed by atoms with Crippen molar-refractivity contribution in [3.8, 4) is 5.75 Å². The van der Waals surface area contributed by atoms with Gasteiger partial charge in [-0.25, -0.2) is 9.37 Å². The van der Waals surface area contributed by atoms with Crippen molar-refractivity contribution < 1.29 is 19.0 Å². The van der Waals surface area contributed by atoms with Gasteiger partial charge in [-0.1, -0.05) is 35.3 Å². The number of amides is 1. The van der Waals surface area contributed by atoms with Gasteiger partial charge in [0.1, 0.15) is 5.75 Å². The number of nitrogens with zero attached hydrogens (tertiary/aromatic N) is 5. The number of aromatic nitrogens is 2. The van der Waals surface area contributed by atoms with Crippen LogP contribution in [-0.4, -0.2) is 47.3 Å². The number of phenolic OH excluding ortho intramolecular Hbond substituents is 1. The van der Waals surface area contributed by atoms with E-state index in [1.54, 1.807) is 30.0 Å². The molecular formula is C23H20BrCl2FN6O3. The molecule has 1 fully saturated rings. The van der Waals surface area contributed by atoms with E-state index in [9.17, 15) is 14.3 Å². The minimum absolute atomic E-state index is 0.0187. The zero-order valence-electron chi connectivity index (χ0n) is 18.9. The second-order valence-electron chi connectivity index (χ2n) is 7.77. The first-order valence-corrected chi connectivity index (χ1v) is 12.3. The van der Waals surface area contributed by atoms with Gasteiger partial charge >= 0.3 is 0 Å². The quantitative estimate of drug-likeness (QED) is 0.333. The van der Waals surface area contributed by atoms with Crippen LogP contribution in [0.15, 0.2) is 45.2 Å². The van der Waals surface area contributed by atoms with Crippen LogP contribution in [0.1, 0.15) is 21.5 Å². The van der Waals surface area contributed by atoms with Crippen molar-refractivity contribution in [2.75, 3.05) is 36.5 Å². The number of benzene rings is 2. The van der Waals surface area contributed by atoms with E-state index in [2.05, 4.69) is 41.4 Å². The number of anilines is 2. The minimum Gasteiger partial charge on any atom is -0.506 e. The molecule has 0 unspecified atom stereocenters. The predicted octanol–water partition coefficient (Wildman–Crippen LogP) is 6.07. The third-order valence-electron chi connectivity index (χ3n) is 5.41. The van der Waals surface area contributed by atoms with Crippen molar-refractivity contribution in [1.29, 1.82) is 0 Å². The Balaban J connectivity index is 1.61. The maximum absolute atomic E-state index is 14.3. The first kappa shape index (κ1) is 26.2. The van der Waals surface area contributed by atoms with Crippen LogP contribution in [0.2, 0.25) is 10.0 Å². The summed E-state index contributed by atoms with van der Waals surface area (Å²) in [4.78, 5) is 22.9. The Morgan fingerprint density at radius 3 is 2.78 bits per heavy atom. The summed E-state index contributed by atoms with van der Waals surface area (Å²) < 4.78 is 19.9. The molecule has 2 N–H and O–H groups in total. The van der Waals surface area contributed by atoms with E-state index in [0.717, 1.165) is 11.8 Å². The van der Waals surface area contributed by atoms with Crippen LogP contribution in [-0.2, 0) is 11.3 Å². The topological polar surface area (TPSA) is 112 Å². The molecule has 4 rings (SSSR count). The highest BCUT2D eigenvalue weighted by Gasteiger charge is 2.23. The normalized spacial score (nSPS) is 13.9. The van der Waals surface area contributed by atoms with Crippen molar-refractivity contribution in [3.63, 3.8) is 0 Å². The maximum Gasteiger partial charge on any atom is 0.270 e. The molecule has 188 valence electrons. The maximum atomic E-state index is 14.3. The van der Waals surface area contributed by atoms with Gasteiger partial charge in [0.15, 0.2) is 11.6 Å². The van der Waals surface area contributed by atoms with Gasteiger partial charge in [-0.05, 0) is 40.5 Å². The van der Waals surface area contributed by atoms with Crippen LogP contribution in [0.3, 0.4) is 0 Å². The van der Waals surface area contributed by atoms with Gasteiger partial charge in [-0.15, -0.1) is 5.11 Å². The van der Waals surface area contributed by atoms with Crippen LogP contribution >= 0.6 is 39.1 Å². The molecule has 0 atom stereocenters. The van der Waals surface area contributed by atoms with E-state index in [-0.39, 0.29) is 40.2 Å². The lowest BCUT2D eigenvalue weighted by Crippen LogP contribution is -2.37. The fourth-order valence-electron chi connectivity index (χ4n) is 3.59. The first-order chi connectivity index (χ1) is 17.3. The molecule has 0 spiro atoms. The number of hydrogen-bond donors (Lipinski definition) is 2. The number of ether oxygens (including phenoxy) is 1. The van der Waals surface area contributed by atoms with Gasteiger partial charge < -0.3 is 20.1 Å². The largest absolute Gasteiger partial charge is 0.506 e. The highest BCUT2D eigenvalue weighted by Crippen LogP contribution is 2.37. The van der Waals surface area contributed by atoms with Crippen LogP contribution in [0.5, 0.6) is 5.75 Å². The van der Waals surface area contributed by atoms with Crippen molar-refractivity contribution in [2.45, 2.75) is 13.5 Å². The monoisotopic (exact) mass is 596 g/mol. The third-order valence-corrected chi connectivity index (χ3v) is 6.63. The summed E-state index contributed by atoms with van der Waals surface area (Å²) in [6, 6.07) is 6.63. The van der Waals surface area contributed by atoms with Gasteiger partial charge in [0.25, 0.3) is 11.9 Å². The summed E-state index contributed by atoms with van der Waals surface area (Å²) in [5.41, 5.74) is 1.42. The standard InChI is InChI=1S/C23H20BrCl2FN6O3/c1-12-3-2-4-15(25)19(12)30-22(35)18-13(20(34)16(26)9-14(18)24)10-29-32-23-28-11-17(27)21(31-23)33-5-7-36-8-6-33/h2-4,9,11,34H,5-8,10H2,1H3,(H,30,35). The SMILES string of the molecule is Cc1cccc(Cl)c1NC(=O)c1c(Br)cc(Cl)c(O)c1CN=Nc1ncc(F)c(N2CCOCC2)n1. The molecule has 9 nitrogen and oxygen atoms in total. The van der Waals surface area contributed by atoms with Crippen LogP contribution in [0, 0.1) is 12.7 Å². The number of halogens is 4. The molecular weight excluding hydrogens is 578 g/mol. The Hall–Kier alpha value is -2.86. The molecule has 0 saturated carbocycles. The average Bonchev–Trinajstić information content (AvgIpc) is 2.86. The van der Waals surface area contributed by atoms with Crippen LogP contribution < -0.4 is 10.2 Å². The van der Waals surface area contributed by atoms with Crippen LogP contribution in [0.25, 0.3) is 0 Å². The Morgan fingerprint density at radius 1 is 1.31 bits per heavy atom. The number of carbonyl (C=O) groups is 1. The number of hydrogen-bond acceptors (Lipinski definition) is 8. The highest BCUT2D eigenvalue weighted by atomic mass is 79.9. The summed E-state index contributed by atoms with van der Waals surface area (Å²) in [5.74, 6) is -1.42. The highest BCUT2D eigenvalue weighted by molar-refractivity contribution is 9.10. The molecule has 0 radical (unpaired) electrons. The summed E-state index contributed by atoms with van der Waals surface area (Å²) in [5, 5.41) is 21.8. The van der Waals surface area contributed by atoms with Crippen molar-refractivity contribution in [1.82, 2.24) is 9.97 Å². The molecule has 13 heteroatoms. The number of rotatable bonds is 6. The minimum atomic E-state index is -0.582. The lowest BCUT2D eigenvalue weighted by atomic mass is 10.0. The fourth-order valence-corrected chi connectivity index (χ4v) is 4.86. The molecule has 0 aliphatic carbocycles. The number of aryl methyl sites for hydroxylation is 1. The molecule has 3 aromatic rings. The molecule has 0 bridgehead atoms. The predicted molar refractivity (Wildman–Crippen MR) is 138 cm³/mol. The zero-order valence-corrected chi connectivity index (χ0v) is 22.0. The summed E-state index contributed by atoms with van der Waals surface area (Å²) in [7, 11) is 0. The summed E-state index contributed by atoms with van der Waals surface area (Å²) in [6.07, 6.45) is 1.02. The summed E-state index contributed by atoms with van der Waals surface area (Å²) in [6.45, 7) is 3.46. The van der Waals surface area contributed by atoms with Crippen molar-refractivity contribution in [2.24, 2.45) is 10.2 Å². The Labute approximate surface area is 224 Å². The molecule has 2 aromatic carbocycles. The molecule has 1 aliphatic rings. The Morgan fingerprint density at radius 2 is 2.06 bits per heavy atom. The zero-order chi connectivity index (χ0) is 25.8. The summed E-state index contributed by atoms with van der Waals surface area (Å²) >= 11 is 15.7. The van der Waals surface area contributed by atoms with Crippen LogP contribution in [0.4, 0.5) is 21.8 Å². The molecule has 1 aliphatic heterocycles. The van der Waals surface area contributed by atoms with E-state index in [0.29, 0.717) is 41.5 Å².